The fourth-order valence-corrected chi connectivity index (χ4v) is 5.26. The van der Waals surface area contributed by atoms with Crippen molar-refractivity contribution in [1.82, 2.24) is 5.32 Å². The molecule has 2 aromatic heterocycles. The Labute approximate surface area is 211 Å². The van der Waals surface area contributed by atoms with E-state index in [9.17, 15) is 19.5 Å². The van der Waals surface area contributed by atoms with E-state index in [4.69, 9.17) is 4.42 Å². The van der Waals surface area contributed by atoms with Crippen molar-refractivity contribution in [1.29, 1.82) is 0 Å². The Hall–Kier alpha value is -2.65. The van der Waals surface area contributed by atoms with E-state index in [-0.39, 0.29) is 17.2 Å². The Morgan fingerprint density at radius 1 is 1.29 bits per heavy atom. The molecule has 2 rings (SSSR count). The summed E-state index contributed by atoms with van der Waals surface area (Å²) in [6.45, 7) is 7.74. The third kappa shape index (κ3) is 7.70. The van der Waals surface area contributed by atoms with E-state index in [1.54, 1.807) is 30.4 Å². The molecule has 2 aromatic rings. The molecule has 0 aromatic carbocycles. The highest BCUT2D eigenvalue weighted by Crippen LogP contribution is 2.32. The van der Waals surface area contributed by atoms with Gasteiger partial charge in [-0.15, -0.1) is 11.3 Å². The van der Waals surface area contributed by atoms with Gasteiger partial charge in [0.1, 0.15) is 17.1 Å². The van der Waals surface area contributed by atoms with E-state index in [2.05, 4.69) is 39.8 Å². The van der Waals surface area contributed by atoms with Crippen LogP contribution in [0.1, 0.15) is 72.3 Å². The lowest BCUT2D eigenvalue weighted by molar-refractivity contribution is 0.102. The largest absolute Gasteiger partial charge is 0.507 e. The van der Waals surface area contributed by atoms with Crippen LogP contribution in [0.15, 0.2) is 43.7 Å². The number of carbonyl (C=O) groups excluding carboxylic acids is 2. The quantitative estimate of drug-likeness (QED) is 0.261. The van der Waals surface area contributed by atoms with Gasteiger partial charge in [0.25, 0.3) is 0 Å². The summed E-state index contributed by atoms with van der Waals surface area (Å²) in [4.78, 5) is 38.6. The van der Waals surface area contributed by atoms with Gasteiger partial charge < -0.3 is 14.3 Å². The molecule has 34 heavy (non-hydrogen) atoms. The SMILES string of the molecule is COC(=O)N/C=C/CCC(C)c1cc(O)c(C(=O)C(C)=Cc2cc(Br)c(CC(C)C)s2)c(=O)o1. The van der Waals surface area contributed by atoms with Gasteiger partial charge in [0, 0.05) is 32.4 Å². The molecule has 0 aliphatic rings. The number of halogens is 1. The number of nitrogens with one attached hydrogen (secondary N) is 1. The molecule has 7 nitrogen and oxygen atoms in total. The molecule has 0 aliphatic heterocycles. The molecule has 2 heterocycles. The van der Waals surface area contributed by atoms with E-state index in [1.165, 1.54) is 24.3 Å². The van der Waals surface area contributed by atoms with Gasteiger partial charge in [-0.05, 0) is 65.7 Å². The number of allylic oxidation sites excluding steroid dienone is 2. The molecule has 0 spiro atoms. The van der Waals surface area contributed by atoms with E-state index in [0.29, 0.717) is 24.3 Å². The van der Waals surface area contributed by atoms with Gasteiger partial charge in [-0.3, -0.25) is 10.1 Å². The molecule has 0 fully saturated rings. The number of ether oxygens (including phenoxy) is 1. The Morgan fingerprint density at radius 2 is 2.00 bits per heavy atom. The van der Waals surface area contributed by atoms with E-state index in [1.807, 2.05) is 13.0 Å². The summed E-state index contributed by atoms with van der Waals surface area (Å²) in [6, 6.07) is 3.27. The fraction of sp³-hybridized carbons (Fsp3) is 0.400. The van der Waals surface area contributed by atoms with Crippen molar-refractivity contribution in [3.8, 4) is 5.75 Å². The maximum Gasteiger partial charge on any atom is 0.410 e. The van der Waals surface area contributed by atoms with Gasteiger partial charge >= 0.3 is 11.7 Å². The zero-order valence-corrected chi connectivity index (χ0v) is 22.3. The first-order chi connectivity index (χ1) is 16.0. The van der Waals surface area contributed by atoms with Crippen molar-refractivity contribution in [2.75, 3.05) is 7.11 Å². The lowest BCUT2D eigenvalue weighted by atomic mass is 10.00. The Bertz CT molecular complexity index is 1140. The van der Waals surface area contributed by atoms with Crippen molar-refractivity contribution < 1.29 is 23.8 Å². The summed E-state index contributed by atoms with van der Waals surface area (Å²) >= 11 is 5.14. The average Bonchev–Trinajstić information content (AvgIpc) is 3.10. The van der Waals surface area contributed by atoms with Crippen LogP contribution in [0.4, 0.5) is 4.79 Å². The number of Topliss-reactive ketones (excluding diaryl/α,β-unsaturated/α-hetero) is 1. The number of amides is 1. The smallest absolute Gasteiger partial charge is 0.410 e. The number of hydrogen-bond acceptors (Lipinski definition) is 7. The summed E-state index contributed by atoms with van der Waals surface area (Å²) in [6.07, 6.45) is 6.48. The molecule has 9 heteroatoms. The number of carbonyl (C=O) groups is 2. The molecule has 184 valence electrons. The molecule has 0 saturated carbocycles. The summed E-state index contributed by atoms with van der Waals surface area (Å²) in [7, 11) is 1.27. The topological polar surface area (TPSA) is 106 Å². The summed E-state index contributed by atoms with van der Waals surface area (Å²) in [5.41, 5.74) is -0.906. The van der Waals surface area contributed by atoms with E-state index < -0.39 is 23.3 Å². The van der Waals surface area contributed by atoms with Gasteiger partial charge in [-0.1, -0.05) is 26.8 Å². The zero-order valence-electron chi connectivity index (χ0n) is 19.9. The fourth-order valence-electron chi connectivity index (χ4n) is 3.19. The van der Waals surface area contributed by atoms with Gasteiger partial charge in [0.2, 0.25) is 0 Å². The van der Waals surface area contributed by atoms with Crippen LogP contribution in [-0.2, 0) is 11.2 Å². The minimum Gasteiger partial charge on any atom is -0.507 e. The van der Waals surface area contributed by atoms with Crippen molar-refractivity contribution in [3.05, 3.63) is 66.0 Å². The first-order valence-corrected chi connectivity index (χ1v) is 12.5. The van der Waals surface area contributed by atoms with Crippen LogP contribution in [0.3, 0.4) is 0 Å². The van der Waals surface area contributed by atoms with Crippen LogP contribution in [0, 0.1) is 5.92 Å². The number of rotatable bonds is 10. The predicted molar refractivity (Wildman–Crippen MR) is 138 cm³/mol. The molecule has 2 N–H and O–H groups in total. The Morgan fingerprint density at radius 3 is 2.62 bits per heavy atom. The summed E-state index contributed by atoms with van der Waals surface area (Å²) in [5.74, 6) is -0.367. The van der Waals surface area contributed by atoms with Crippen molar-refractivity contribution in [2.24, 2.45) is 5.92 Å². The normalized spacial score (nSPS) is 12.9. The molecule has 1 amide bonds. The highest BCUT2D eigenvalue weighted by molar-refractivity contribution is 9.10. The Balaban J connectivity index is 2.14. The molecular weight excluding hydrogens is 522 g/mol. The highest BCUT2D eigenvalue weighted by atomic mass is 79.9. The van der Waals surface area contributed by atoms with Crippen LogP contribution in [0.2, 0.25) is 0 Å². The van der Waals surface area contributed by atoms with Crippen molar-refractivity contribution in [3.63, 3.8) is 0 Å². The minimum atomic E-state index is -0.865. The first-order valence-electron chi connectivity index (χ1n) is 10.9. The third-order valence-corrected chi connectivity index (χ3v) is 7.09. The third-order valence-electron chi connectivity index (χ3n) is 5.02. The number of methoxy groups -OCH3 is 1. The van der Waals surface area contributed by atoms with E-state index in [0.717, 1.165) is 15.8 Å². The van der Waals surface area contributed by atoms with Crippen LogP contribution in [0.25, 0.3) is 6.08 Å². The number of thiophene rings is 1. The number of ketones is 1. The zero-order chi connectivity index (χ0) is 25.4. The van der Waals surface area contributed by atoms with Crippen LogP contribution >= 0.6 is 27.3 Å². The van der Waals surface area contributed by atoms with Crippen LogP contribution in [0.5, 0.6) is 5.75 Å². The minimum absolute atomic E-state index is 0.190. The highest BCUT2D eigenvalue weighted by Gasteiger charge is 2.22. The molecule has 1 unspecified atom stereocenters. The van der Waals surface area contributed by atoms with Crippen LogP contribution in [-0.4, -0.2) is 24.1 Å². The average molecular weight is 552 g/mol. The first kappa shape index (κ1) is 27.6. The number of alkyl carbamates (subject to hydrolysis) is 1. The lowest BCUT2D eigenvalue weighted by Gasteiger charge is -2.11. The molecule has 1 atom stereocenters. The van der Waals surface area contributed by atoms with E-state index >= 15 is 0 Å². The standard InChI is InChI=1S/C25H30BrNO6S/c1-14(2)10-21-18(26)12-17(34-21)11-16(4)23(29)22-19(28)13-20(33-24(22)30)15(3)8-6-7-9-27-25(31)32-5/h7,9,11-15,28H,6,8,10H2,1-5H3,(H,27,31)/b9-7+,16-11?. The second-order valence-corrected chi connectivity index (χ2v) is 10.4. The summed E-state index contributed by atoms with van der Waals surface area (Å²) in [5, 5.41) is 12.9. The predicted octanol–water partition coefficient (Wildman–Crippen LogP) is 6.41. The van der Waals surface area contributed by atoms with Crippen LogP contribution < -0.4 is 10.9 Å². The maximum atomic E-state index is 12.9. The summed E-state index contributed by atoms with van der Waals surface area (Å²) < 4.78 is 10.8. The Kier molecular flexibility index (Phi) is 10.3. The number of hydrogen-bond donors (Lipinski definition) is 2. The molecule has 0 radical (unpaired) electrons. The van der Waals surface area contributed by atoms with Gasteiger partial charge in [0.05, 0.1) is 7.11 Å². The second kappa shape index (κ2) is 12.7. The second-order valence-electron chi connectivity index (χ2n) is 8.39. The molecule has 0 bridgehead atoms. The van der Waals surface area contributed by atoms with Gasteiger partial charge in [-0.2, -0.15) is 0 Å². The van der Waals surface area contributed by atoms with Crippen molar-refractivity contribution in [2.45, 2.75) is 52.9 Å². The lowest BCUT2D eigenvalue weighted by Crippen LogP contribution is -2.16. The molecular formula is C25H30BrNO6S. The monoisotopic (exact) mass is 551 g/mol. The molecule has 0 saturated heterocycles. The van der Waals surface area contributed by atoms with Gasteiger partial charge in [0.15, 0.2) is 5.78 Å². The van der Waals surface area contributed by atoms with Crippen molar-refractivity contribution >= 4 is 45.2 Å². The molecule has 0 aliphatic carbocycles. The number of aromatic hydroxyl groups is 1. The van der Waals surface area contributed by atoms with Gasteiger partial charge in [-0.25, -0.2) is 9.59 Å². The maximum absolute atomic E-state index is 12.9.